The van der Waals surface area contributed by atoms with Crippen LogP contribution < -0.4 is 10.6 Å². The summed E-state index contributed by atoms with van der Waals surface area (Å²) in [4.78, 5) is 0. The molecule has 0 atom stereocenters. The van der Waals surface area contributed by atoms with E-state index in [1.807, 2.05) is 29.4 Å². The van der Waals surface area contributed by atoms with Crippen molar-refractivity contribution < 1.29 is 4.39 Å². The molecular formula is C24H24ClFN6S. The average Bonchev–Trinajstić information content (AvgIpc) is 3.30. The van der Waals surface area contributed by atoms with Gasteiger partial charge in [-0.3, -0.25) is 9.36 Å². The minimum Gasteiger partial charge on any atom is -0.330 e. The standard InChI is InChI=1S/C24H24ClFN6S/c1-15-4-6-18(7-5-15)12-31-14-21(11-27-31)28-24(33)29-23-16(2)30-32(17(23)3)13-19-8-9-20(26)10-22(19)25/h4-11,14H,12-13H2,1-3H3,(H2,28,29,33). The van der Waals surface area contributed by atoms with Crippen molar-refractivity contribution >= 4 is 40.3 Å². The lowest BCUT2D eigenvalue weighted by molar-refractivity contribution is 0.622. The molecule has 2 heterocycles. The molecule has 170 valence electrons. The quantitative estimate of drug-likeness (QED) is 0.345. The molecule has 2 aromatic carbocycles. The van der Waals surface area contributed by atoms with Gasteiger partial charge < -0.3 is 10.6 Å². The van der Waals surface area contributed by atoms with Crippen LogP contribution in [0.3, 0.4) is 0 Å². The fourth-order valence-corrected chi connectivity index (χ4v) is 3.96. The van der Waals surface area contributed by atoms with Gasteiger partial charge in [0.2, 0.25) is 0 Å². The summed E-state index contributed by atoms with van der Waals surface area (Å²) in [6.45, 7) is 7.03. The molecule has 0 fully saturated rings. The first kappa shape index (κ1) is 22.9. The lowest BCUT2D eigenvalue weighted by atomic mass is 10.1. The SMILES string of the molecule is Cc1ccc(Cn2cc(NC(=S)Nc3c(C)nn(Cc4ccc(F)cc4Cl)c3C)cn2)cc1. The second kappa shape index (κ2) is 9.72. The molecule has 0 bridgehead atoms. The van der Waals surface area contributed by atoms with Gasteiger partial charge in [-0.1, -0.05) is 47.5 Å². The molecule has 0 radical (unpaired) electrons. The zero-order valence-electron chi connectivity index (χ0n) is 18.6. The van der Waals surface area contributed by atoms with Gasteiger partial charge in [-0.2, -0.15) is 10.2 Å². The third kappa shape index (κ3) is 5.58. The molecule has 4 rings (SSSR count). The van der Waals surface area contributed by atoms with Crippen LogP contribution in [-0.4, -0.2) is 24.7 Å². The number of aryl methyl sites for hydroxylation is 2. The summed E-state index contributed by atoms with van der Waals surface area (Å²) in [6, 6.07) is 12.7. The molecule has 0 spiro atoms. The van der Waals surface area contributed by atoms with E-state index in [1.54, 1.807) is 12.3 Å². The maximum Gasteiger partial charge on any atom is 0.175 e. The normalized spacial score (nSPS) is 10.9. The zero-order valence-corrected chi connectivity index (χ0v) is 20.1. The van der Waals surface area contributed by atoms with Crippen LogP contribution >= 0.6 is 23.8 Å². The van der Waals surface area contributed by atoms with Gasteiger partial charge in [-0.15, -0.1) is 0 Å². The number of aromatic nitrogens is 4. The van der Waals surface area contributed by atoms with Gasteiger partial charge in [0.15, 0.2) is 5.11 Å². The predicted molar refractivity (Wildman–Crippen MR) is 135 cm³/mol. The van der Waals surface area contributed by atoms with Crippen LogP contribution in [0.15, 0.2) is 54.9 Å². The van der Waals surface area contributed by atoms with Crippen molar-refractivity contribution in [2.45, 2.75) is 33.9 Å². The number of hydrogen-bond acceptors (Lipinski definition) is 3. The number of anilines is 2. The second-order valence-corrected chi connectivity index (χ2v) is 8.75. The van der Waals surface area contributed by atoms with E-state index in [2.05, 4.69) is 52.0 Å². The van der Waals surface area contributed by atoms with Crippen LogP contribution in [0, 0.1) is 26.6 Å². The number of benzene rings is 2. The smallest absolute Gasteiger partial charge is 0.175 e. The Kier molecular flexibility index (Phi) is 6.76. The Hall–Kier alpha value is -3.23. The number of nitrogens with one attached hydrogen (secondary N) is 2. The van der Waals surface area contributed by atoms with E-state index in [1.165, 1.54) is 23.3 Å². The molecule has 0 saturated carbocycles. The summed E-state index contributed by atoms with van der Waals surface area (Å²) in [6.07, 6.45) is 3.65. The molecule has 0 aliphatic rings. The highest BCUT2D eigenvalue weighted by molar-refractivity contribution is 7.80. The monoisotopic (exact) mass is 482 g/mol. The number of nitrogens with zero attached hydrogens (tertiary/aromatic N) is 4. The van der Waals surface area contributed by atoms with Gasteiger partial charge in [0.05, 0.1) is 42.0 Å². The van der Waals surface area contributed by atoms with Crippen molar-refractivity contribution in [3.63, 3.8) is 0 Å². The van der Waals surface area contributed by atoms with Crippen LogP contribution in [0.4, 0.5) is 15.8 Å². The van der Waals surface area contributed by atoms with Gasteiger partial charge in [-0.05, 0) is 56.2 Å². The Balaban J connectivity index is 1.40. The summed E-state index contributed by atoms with van der Waals surface area (Å²) in [5, 5.41) is 16.2. The molecule has 0 aliphatic heterocycles. The van der Waals surface area contributed by atoms with Crippen LogP contribution in [-0.2, 0) is 13.1 Å². The highest BCUT2D eigenvalue weighted by Crippen LogP contribution is 2.24. The lowest BCUT2D eigenvalue weighted by Gasteiger charge is -2.10. The third-order valence-corrected chi connectivity index (χ3v) is 5.87. The molecule has 0 saturated heterocycles. The third-order valence-electron chi connectivity index (χ3n) is 5.31. The fraction of sp³-hybridized carbons (Fsp3) is 0.208. The second-order valence-electron chi connectivity index (χ2n) is 7.93. The summed E-state index contributed by atoms with van der Waals surface area (Å²) < 4.78 is 17.0. The number of hydrogen-bond donors (Lipinski definition) is 2. The van der Waals surface area contributed by atoms with Crippen LogP contribution in [0.1, 0.15) is 28.1 Å². The van der Waals surface area contributed by atoms with Crippen molar-refractivity contribution in [2.75, 3.05) is 10.6 Å². The first-order valence-electron chi connectivity index (χ1n) is 10.4. The van der Waals surface area contributed by atoms with Crippen molar-refractivity contribution in [2.24, 2.45) is 0 Å². The Labute approximate surface area is 202 Å². The van der Waals surface area contributed by atoms with Crippen molar-refractivity contribution in [3.05, 3.63) is 93.8 Å². The first-order valence-corrected chi connectivity index (χ1v) is 11.2. The zero-order chi connectivity index (χ0) is 23.5. The Morgan fingerprint density at radius 3 is 2.55 bits per heavy atom. The summed E-state index contributed by atoms with van der Waals surface area (Å²) in [5.74, 6) is -0.363. The molecule has 0 unspecified atom stereocenters. The molecular weight excluding hydrogens is 459 g/mol. The summed E-state index contributed by atoms with van der Waals surface area (Å²) >= 11 is 11.7. The largest absolute Gasteiger partial charge is 0.330 e. The fourth-order valence-electron chi connectivity index (χ4n) is 3.51. The Morgan fingerprint density at radius 1 is 1.06 bits per heavy atom. The van der Waals surface area contributed by atoms with Crippen LogP contribution in [0.5, 0.6) is 0 Å². The number of halogens is 2. The van der Waals surface area contributed by atoms with Gasteiger partial charge in [-0.25, -0.2) is 4.39 Å². The maximum atomic E-state index is 13.3. The van der Waals surface area contributed by atoms with E-state index in [-0.39, 0.29) is 5.82 Å². The van der Waals surface area contributed by atoms with Gasteiger partial charge in [0.1, 0.15) is 5.82 Å². The Morgan fingerprint density at radius 2 is 1.82 bits per heavy atom. The molecule has 2 aromatic heterocycles. The molecule has 4 aromatic rings. The number of thiocarbonyl (C=S) groups is 1. The van der Waals surface area contributed by atoms with Crippen molar-refractivity contribution in [1.82, 2.24) is 19.6 Å². The molecule has 33 heavy (non-hydrogen) atoms. The van der Waals surface area contributed by atoms with E-state index in [9.17, 15) is 4.39 Å². The number of rotatable bonds is 6. The van der Waals surface area contributed by atoms with E-state index in [0.29, 0.717) is 23.2 Å². The van der Waals surface area contributed by atoms with E-state index in [4.69, 9.17) is 23.8 Å². The lowest BCUT2D eigenvalue weighted by Crippen LogP contribution is -2.19. The van der Waals surface area contributed by atoms with Crippen molar-refractivity contribution in [3.8, 4) is 0 Å². The van der Waals surface area contributed by atoms with Gasteiger partial charge >= 0.3 is 0 Å². The summed E-state index contributed by atoms with van der Waals surface area (Å²) in [7, 11) is 0. The van der Waals surface area contributed by atoms with Gasteiger partial charge in [0, 0.05) is 11.2 Å². The van der Waals surface area contributed by atoms with E-state index >= 15 is 0 Å². The van der Waals surface area contributed by atoms with Gasteiger partial charge in [0.25, 0.3) is 0 Å². The minimum atomic E-state index is -0.363. The van der Waals surface area contributed by atoms with Crippen LogP contribution in [0.25, 0.3) is 0 Å². The molecule has 0 amide bonds. The average molecular weight is 483 g/mol. The predicted octanol–water partition coefficient (Wildman–Crippen LogP) is 5.70. The highest BCUT2D eigenvalue weighted by atomic mass is 35.5. The molecule has 0 aliphatic carbocycles. The highest BCUT2D eigenvalue weighted by Gasteiger charge is 2.15. The van der Waals surface area contributed by atoms with E-state index < -0.39 is 0 Å². The molecule has 6 nitrogen and oxygen atoms in total. The summed E-state index contributed by atoms with van der Waals surface area (Å²) in [5.41, 5.74) is 6.50. The Bertz CT molecular complexity index is 1300. The minimum absolute atomic E-state index is 0.363. The first-order chi connectivity index (χ1) is 15.8. The van der Waals surface area contributed by atoms with Crippen LogP contribution in [0.2, 0.25) is 5.02 Å². The maximum absolute atomic E-state index is 13.3. The van der Waals surface area contributed by atoms with E-state index in [0.717, 1.165) is 28.3 Å². The molecule has 9 heteroatoms. The van der Waals surface area contributed by atoms with Crippen molar-refractivity contribution in [1.29, 1.82) is 0 Å². The topological polar surface area (TPSA) is 59.7 Å². The molecule has 2 N–H and O–H groups in total.